The van der Waals surface area contributed by atoms with Crippen molar-refractivity contribution in [3.8, 4) is 0 Å². The molecule has 0 fully saturated rings. The molecule has 0 radical (unpaired) electrons. The van der Waals surface area contributed by atoms with Crippen molar-refractivity contribution in [2.45, 2.75) is 39.7 Å². The Bertz CT molecular complexity index is 334. The summed E-state index contributed by atoms with van der Waals surface area (Å²) in [5.41, 5.74) is 2.69. The third-order valence-electron chi connectivity index (χ3n) is 2.98. The van der Waals surface area contributed by atoms with E-state index in [1.54, 1.807) is 0 Å². The fourth-order valence-corrected chi connectivity index (χ4v) is 2.44. The summed E-state index contributed by atoms with van der Waals surface area (Å²) >= 11 is 3.69. The first-order valence-corrected chi connectivity index (χ1v) is 6.77. The Balaban J connectivity index is 2.82. The molecular weight excluding hydrogens is 262 g/mol. The largest absolute Gasteiger partial charge is 0.313 e. The standard InChI is InChI=1S/C14H22BrN/c1-10(2)8-9-13(16-4)12-7-5-6-11(3)14(12)15/h5-7,10,13,16H,8-9H2,1-4H3. The third kappa shape index (κ3) is 3.60. The fourth-order valence-electron chi connectivity index (χ4n) is 1.89. The fraction of sp³-hybridized carbons (Fsp3) is 0.571. The van der Waals surface area contributed by atoms with Gasteiger partial charge in [-0.25, -0.2) is 0 Å². The van der Waals surface area contributed by atoms with Crippen molar-refractivity contribution in [1.82, 2.24) is 5.32 Å². The molecule has 1 unspecified atom stereocenters. The van der Waals surface area contributed by atoms with Gasteiger partial charge in [-0.15, -0.1) is 0 Å². The molecule has 0 aromatic heterocycles. The minimum absolute atomic E-state index is 0.455. The molecule has 1 nitrogen and oxygen atoms in total. The normalized spacial score (nSPS) is 13.1. The first kappa shape index (κ1) is 13.7. The molecule has 0 aliphatic rings. The summed E-state index contributed by atoms with van der Waals surface area (Å²) in [5, 5.41) is 3.41. The highest BCUT2D eigenvalue weighted by Crippen LogP contribution is 2.29. The van der Waals surface area contributed by atoms with Gasteiger partial charge in [0.25, 0.3) is 0 Å². The highest BCUT2D eigenvalue weighted by molar-refractivity contribution is 9.10. The minimum atomic E-state index is 0.455. The van der Waals surface area contributed by atoms with E-state index >= 15 is 0 Å². The molecule has 90 valence electrons. The van der Waals surface area contributed by atoms with Gasteiger partial charge in [0.1, 0.15) is 0 Å². The Hall–Kier alpha value is -0.340. The van der Waals surface area contributed by atoms with Crippen LogP contribution in [0.25, 0.3) is 0 Å². The van der Waals surface area contributed by atoms with Crippen molar-refractivity contribution in [2.24, 2.45) is 5.92 Å². The third-order valence-corrected chi connectivity index (χ3v) is 4.06. The van der Waals surface area contributed by atoms with E-state index in [9.17, 15) is 0 Å². The van der Waals surface area contributed by atoms with Crippen LogP contribution in [-0.4, -0.2) is 7.05 Å². The average Bonchev–Trinajstić information content (AvgIpc) is 2.24. The Labute approximate surface area is 108 Å². The van der Waals surface area contributed by atoms with Crippen molar-refractivity contribution in [1.29, 1.82) is 0 Å². The topological polar surface area (TPSA) is 12.0 Å². The molecule has 0 spiro atoms. The number of aryl methyl sites for hydroxylation is 1. The van der Waals surface area contributed by atoms with Crippen LogP contribution in [-0.2, 0) is 0 Å². The molecule has 1 N–H and O–H groups in total. The zero-order chi connectivity index (χ0) is 12.1. The highest BCUT2D eigenvalue weighted by atomic mass is 79.9. The van der Waals surface area contributed by atoms with E-state index < -0.39 is 0 Å². The van der Waals surface area contributed by atoms with Crippen LogP contribution < -0.4 is 5.32 Å². The van der Waals surface area contributed by atoms with Crippen LogP contribution in [0.1, 0.15) is 43.9 Å². The van der Waals surface area contributed by atoms with Crippen LogP contribution in [0.3, 0.4) is 0 Å². The van der Waals surface area contributed by atoms with Gasteiger partial charge >= 0.3 is 0 Å². The summed E-state index contributed by atoms with van der Waals surface area (Å²) in [4.78, 5) is 0. The summed E-state index contributed by atoms with van der Waals surface area (Å²) in [7, 11) is 2.04. The number of hydrogen-bond donors (Lipinski definition) is 1. The quantitative estimate of drug-likeness (QED) is 0.842. The summed E-state index contributed by atoms with van der Waals surface area (Å²) in [5.74, 6) is 0.763. The molecule has 2 heteroatoms. The molecule has 1 rings (SSSR count). The molecule has 1 aromatic rings. The predicted molar refractivity (Wildman–Crippen MR) is 74.8 cm³/mol. The average molecular weight is 284 g/mol. The van der Waals surface area contributed by atoms with Crippen molar-refractivity contribution < 1.29 is 0 Å². The van der Waals surface area contributed by atoms with E-state index in [0.29, 0.717) is 6.04 Å². The van der Waals surface area contributed by atoms with Crippen molar-refractivity contribution in [3.63, 3.8) is 0 Å². The van der Waals surface area contributed by atoms with Gasteiger partial charge in [-0.3, -0.25) is 0 Å². The second kappa shape index (κ2) is 6.41. The second-order valence-corrected chi connectivity index (χ2v) is 5.58. The highest BCUT2D eigenvalue weighted by Gasteiger charge is 2.13. The van der Waals surface area contributed by atoms with Crippen LogP contribution in [0.15, 0.2) is 22.7 Å². The number of halogens is 1. The summed E-state index contributed by atoms with van der Waals surface area (Å²) < 4.78 is 1.25. The lowest BCUT2D eigenvalue weighted by Gasteiger charge is -2.20. The molecule has 0 amide bonds. The zero-order valence-electron chi connectivity index (χ0n) is 10.7. The number of rotatable bonds is 5. The lowest BCUT2D eigenvalue weighted by molar-refractivity contribution is 0.464. The van der Waals surface area contributed by atoms with E-state index in [-0.39, 0.29) is 0 Å². The molecular formula is C14H22BrN. The van der Waals surface area contributed by atoms with Gasteiger partial charge < -0.3 is 5.32 Å². The van der Waals surface area contributed by atoms with Crippen molar-refractivity contribution in [2.75, 3.05) is 7.05 Å². The zero-order valence-corrected chi connectivity index (χ0v) is 12.3. The molecule has 1 aromatic carbocycles. The van der Waals surface area contributed by atoms with Crippen LogP contribution in [0.5, 0.6) is 0 Å². The first-order chi connectivity index (χ1) is 7.56. The Morgan fingerprint density at radius 2 is 1.94 bits per heavy atom. The summed E-state index contributed by atoms with van der Waals surface area (Å²) in [6, 6.07) is 6.94. The van der Waals surface area contributed by atoms with Gasteiger partial charge in [0.05, 0.1) is 0 Å². The van der Waals surface area contributed by atoms with Gasteiger partial charge in [-0.1, -0.05) is 48.0 Å². The van der Waals surface area contributed by atoms with E-state index in [4.69, 9.17) is 0 Å². The molecule has 0 bridgehead atoms. The van der Waals surface area contributed by atoms with E-state index in [1.807, 2.05) is 7.05 Å². The van der Waals surface area contributed by atoms with Gasteiger partial charge in [0, 0.05) is 10.5 Å². The Kier molecular flexibility index (Phi) is 5.50. The van der Waals surface area contributed by atoms with Gasteiger partial charge in [0.15, 0.2) is 0 Å². The van der Waals surface area contributed by atoms with E-state index in [1.165, 1.54) is 28.4 Å². The van der Waals surface area contributed by atoms with Gasteiger partial charge in [-0.2, -0.15) is 0 Å². The Morgan fingerprint density at radius 3 is 2.50 bits per heavy atom. The molecule has 0 aliphatic carbocycles. The number of hydrogen-bond acceptors (Lipinski definition) is 1. The maximum atomic E-state index is 3.69. The minimum Gasteiger partial charge on any atom is -0.313 e. The van der Waals surface area contributed by atoms with Gasteiger partial charge in [-0.05, 0) is 43.9 Å². The van der Waals surface area contributed by atoms with Crippen LogP contribution in [0.4, 0.5) is 0 Å². The molecule has 0 saturated heterocycles. The number of benzene rings is 1. The maximum absolute atomic E-state index is 3.69. The van der Waals surface area contributed by atoms with Crippen molar-refractivity contribution in [3.05, 3.63) is 33.8 Å². The SMILES string of the molecule is CNC(CCC(C)C)c1cccc(C)c1Br. The van der Waals surface area contributed by atoms with E-state index in [0.717, 1.165) is 5.92 Å². The molecule has 0 heterocycles. The van der Waals surface area contributed by atoms with E-state index in [2.05, 4.69) is 60.2 Å². The molecule has 1 atom stereocenters. The van der Waals surface area contributed by atoms with Crippen LogP contribution in [0, 0.1) is 12.8 Å². The lowest BCUT2D eigenvalue weighted by Crippen LogP contribution is -2.17. The lowest BCUT2D eigenvalue weighted by atomic mass is 9.97. The predicted octanol–water partition coefficient (Wildman–Crippen LogP) is 4.45. The number of nitrogens with one attached hydrogen (secondary N) is 1. The maximum Gasteiger partial charge on any atom is 0.0328 e. The second-order valence-electron chi connectivity index (χ2n) is 4.79. The van der Waals surface area contributed by atoms with Crippen molar-refractivity contribution >= 4 is 15.9 Å². The smallest absolute Gasteiger partial charge is 0.0328 e. The molecule has 0 aliphatic heterocycles. The summed E-state index contributed by atoms with van der Waals surface area (Å²) in [6.07, 6.45) is 2.45. The first-order valence-electron chi connectivity index (χ1n) is 5.98. The monoisotopic (exact) mass is 283 g/mol. The molecule has 16 heavy (non-hydrogen) atoms. The molecule has 0 saturated carbocycles. The summed E-state index contributed by atoms with van der Waals surface area (Å²) in [6.45, 7) is 6.69. The van der Waals surface area contributed by atoms with Crippen LogP contribution in [0.2, 0.25) is 0 Å². The van der Waals surface area contributed by atoms with Gasteiger partial charge in [0.2, 0.25) is 0 Å². The Morgan fingerprint density at radius 1 is 1.25 bits per heavy atom. The van der Waals surface area contributed by atoms with Crippen LogP contribution >= 0.6 is 15.9 Å².